The third-order valence-corrected chi connectivity index (χ3v) is 6.81. The van der Waals surface area contributed by atoms with Gasteiger partial charge in [-0.15, -0.1) is 11.3 Å². The predicted molar refractivity (Wildman–Crippen MR) is 131 cm³/mol. The summed E-state index contributed by atoms with van der Waals surface area (Å²) in [6.07, 6.45) is -1.37. The minimum atomic E-state index is -4.29. The van der Waals surface area contributed by atoms with Crippen LogP contribution < -0.4 is 10.1 Å². The number of benzene rings is 2. The molecule has 212 valence electrons. The Morgan fingerprint density at radius 2 is 1.90 bits per heavy atom. The van der Waals surface area contributed by atoms with E-state index < -0.39 is 48.1 Å². The Balaban J connectivity index is 1.48. The van der Waals surface area contributed by atoms with Gasteiger partial charge in [0.15, 0.2) is 6.61 Å². The van der Waals surface area contributed by atoms with Crippen molar-refractivity contribution in [2.75, 3.05) is 6.61 Å². The number of amides is 1. The highest BCUT2D eigenvalue weighted by molar-refractivity contribution is 7.13. The maximum Gasteiger partial charge on any atom is 0.340 e. The van der Waals surface area contributed by atoms with Gasteiger partial charge in [-0.25, -0.2) is 32.2 Å². The Bertz CT molecular complexity index is 1450. The number of thiazole rings is 1. The van der Waals surface area contributed by atoms with Crippen LogP contribution in [0, 0.1) is 11.6 Å². The molecule has 2 aromatic carbocycles. The molecule has 40 heavy (non-hydrogen) atoms. The van der Waals surface area contributed by atoms with Gasteiger partial charge in [-0.1, -0.05) is 6.07 Å². The highest BCUT2D eigenvalue weighted by Crippen LogP contribution is 2.31. The van der Waals surface area contributed by atoms with Gasteiger partial charge in [-0.3, -0.25) is 4.79 Å². The molecular weight excluding hydrogens is 564 g/mol. The maximum atomic E-state index is 14.7. The molecule has 4 rings (SSSR count). The van der Waals surface area contributed by atoms with Crippen molar-refractivity contribution in [2.24, 2.45) is 0 Å². The lowest BCUT2D eigenvalue weighted by Gasteiger charge is -2.35. The molecule has 2 N–H and O–H groups in total. The Morgan fingerprint density at radius 1 is 1.18 bits per heavy atom. The number of ether oxygens (including phenoxy) is 1. The third-order valence-electron chi connectivity index (χ3n) is 5.92. The summed E-state index contributed by atoms with van der Waals surface area (Å²) in [5.74, 6) is -6.93. The molecule has 0 saturated heterocycles. The molecule has 2 atom stereocenters. The van der Waals surface area contributed by atoms with Crippen LogP contribution in [0.4, 0.5) is 26.3 Å². The fourth-order valence-electron chi connectivity index (χ4n) is 3.69. The Morgan fingerprint density at radius 3 is 2.52 bits per heavy atom. The number of aliphatic hydroxyl groups is 1. The summed E-state index contributed by atoms with van der Waals surface area (Å²) < 4.78 is 84.9. The SMILES string of the molecule is C[C@@H](NC(=O)c1csc(-c2ccc(OCC(F)(F)C(F)F)cc2)n1)[C@](O)(Cn1cncn1)c1ccc(F)cc1F. The van der Waals surface area contributed by atoms with Crippen molar-refractivity contribution in [2.45, 2.75) is 37.5 Å². The molecule has 0 aliphatic rings. The van der Waals surface area contributed by atoms with Crippen LogP contribution in [0.1, 0.15) is 23.0 Å². The molecule has 0 aliphatic heterocycles. The molecular formula is C25H21F6N5O3S. The topological polar surface area (TPSA) is 102 Å². The molecule has 1 amide bonds. The Hall–Kier alpha value is -3.98. The number of nitrogens with one attached hydrogen (secondary N) is 1. The fourth-order valence-corrected chi connectivity index (χ4v) is 4.50. The number of rotatable bonds is 11. The highest BCUT2D eigenvalue weighted by Gasteiger charge is 2.42. The molecule has 0 bridgehead atoms. The second kappa shape index (κ2) is 11.6. The van der Waals surface area contributed by atoms with E-state index in [4.69, 9.17) is 4.74 Å². The summed E-state index contributed by atoms with van der Waals surface area (Å²) in [4.78, 5) is 21.0. The van der Waals surface area contributed by atoms with Gasteiger partial charge in [0, 0.05) is 22.6 Å². The van der Waals surface area contributed by atoms with Crippen molar-refractivity contribution in [3.8, 4) is 16.3 Å². The number of carbonyl (C=O) groups is 1. The minimum absolute atomic E-state index is 0.0357. The van der Waals surface area contributed by atoms with E-state index in [0.717, 1.165) is 23.5 Å². The Kier molecular flexibility index (Phi) is 8.44. The first-order valence-electron chi connectivity index (χ1n) is 11.5. The molecule has 0 fully saturated rings. The first-order valence-corrected chi connectivity index (χ1v) is 12.4. The molecule has 4 aromatic rings. The number of nitrogens with zero attached hydrogens (tertiary/aromatic N) is 4. The average molecular weight is 586 g/mol. The second-order valence-corrected chi connectivity index (χ2v) is 9.61. The number of hydrogen-bond donors (Lipinski definition) is 2. The third kappa shape index (κ3) is 6.42. The highest BCUT2D eigenvalue weighted by atomic mass is 32.1. The largest absolute Gasteiger partial charge is 0.487 e. The van der Waals surface area contributed by atoms with Crippen LogP contribution in [-0.2, 0) is 12.1 Å². The van der Waals surface area contributed by atoms with E-state index in [1.807, 2.05) is 0 Å². The minimum Gasteiger partial charge on any atom is -0.487 e. The van der Waals surface area contributed by atoms with Crippen LogP contribution in [0.5, 0.6) is 5.75 Å². The normalized spacial score (nSPS) is 14.1. The van der Waals surface area contributed by atoms with Gasteiger partial charge < -0.3 is 15.2 Å². The molecule has 2 aromatic heterocycles. The predicted octanol–water partition coefficient (Wildman–Crippen LogP) is 4.67. The van der Waals surface area contributed by atoms with E-state index >= 15 is 0 Å². The second-order valence-electron chi connectivity index (χ2n) is 8.75. The molecule has 0 spiro atoms. The summed E-state index contributed by atoms with van der Waals surface area (Å²) >= 11 is 1.08. The number of halogens is 6. The van der Waals surface area contributed by atoms with E-state index in [-0.39, 0.29) is 23.6 Å². The quantitative estimate of drug-likeness (QED) is 0.248. The molecule has 0 radical (unpaired) electrons. The van der Waals surface area contributed by atoms with Crippen LogP contribution in [0.2, 0.25) is 0 Å². The van der Waals surface area contributed by atoms with E-state index in [1.165, 1.54) is 53.9 Å². The number of carbonyl (C=O) groups excluding carboxylic acids is 1. The zero-order valence-electron chi connectivity index (χ0n) is 20.6. The summed E-state index contributed by atoms with van der Waals surface area (Å²) in [6.45, 7) is -0.382. The van der Waals surface area contributed by atoms with E-state index in [2.05, 4.69) is 20.4 Å². The van der Waals surface area contributed by atoms with Gasteiger partial charge in [-0.05, 0) is 37.3 Å². The van der Waals surface area contributed by atoms with Gasteiger partial charge in [0.05, 0.1) is 12.6 Å². The first-order chi connectivity index (χ1) is 18.9. The summed E-state index contributed by atoms with van der Waals surface area (Å²) in [5.41, 5.74) is -1.89. The average Bonchev–Trinajstić information content (AvgIpc) is 3.60. The molecule has 2 heterocycles. The van der Waals surface area contributed by atoms with Crippen molar-refractivity contribution < 1.29 is 41.0 Å². The molecule has 0 unspecified atom stereocenters. The van der Waals surface area contributed by atoms with E-state index in [9.17, 15) is 36.2 Å². The van der Waals surface area contributed by atoms with Crippen LogP contribution in [0.25, 0.3) is 10.6 Å². The summed E-state index contributed by atoms with van der Waals surface area (Å²) in [7, 11) is 0. The summed E-state index contributed by atoms with van der Waals surface area (Å²) in [5, 5.41) is 19.8. The van der Waals surface area contributed by atoms with Crippen molar-refractivity contribution in [3.05, 3.63) is 83.4 Å². The Labute approximate surface area is 227 Å². The summed E-state index contributed by atoms with van der Waals surface area (Å²) in [6, 6.07) is 7.03. The molecule has 0 saturated carbocycles. The number of alkyl halides is 4. The maximum absolute atomic E-state index is 14.7. The van der Waals surface area contributed by atoms with Gasteiger partial charge in [0.2, 0.25) is 0 Å². The van der Waals surface area contributed by atoms with Crippen LogP contribution in [0.3, 0.4) is 0 Å². The van der Waals surface area contributed by atoms with E-state index in [1.54, 1.807) is 0 Å². The van der Waals surface area contributed by atoms with Gasteiger partial charge in [0.25, 0.3) is 5.91 Å². The van der Waals surface area contributed by atoms with Crippen LogP contribution >= 0.6 is 11.3 Å². The van der Waals surface area contributed by atoms with E-state index in [0.29, 0.717) is 16.6 Å². The molecule has 15 heteroatoms. The lowest BCUT2D eigenvalue weighted by atomic mass is 9.86. The standard InChI is InChI=1S/C25H21F6N5O3S/c1-14(24(38,10-36-13-32-12-33-36)18-7-4-16(26)8-19(18)27)34-21(37)20-9-40-22(35-20)15-2-5-17(6-3-15)39-11-25(30,31)23(28)29/h2-9,12-14,23,38H,10-11H2,1H3,(H,34,37)/t14-,24-/m1/s1. The van der Waals surface area contributed by atoms with Crippen molar-refractivity contribution >= 4 is 17.2 Å². The lowest BCUT2D eigenvalue weighted by molar-refractivity contribution is -0.148. The van der Waals surface area contributed by atoms with Crippen LogP contribution in [-0.4, -0.2) is 55.8 Å². The van der Waals surface area contributed by atoms with Crippen LogP contribution in [0.15, 0.2) is 60.5 Å². The van der Waals surface area contributed by atoms with Crippen molar-refractivity contribution in [1.29, 1.82) is 0 Å². The van der Waals surface area contributed by atoms with Gasteiger partial charge in [-0.2, -0.15) is 13.9 Å². The smallest absolute Gasteiger partial charge is 0.340 e. The number of aromatic nitrogens is 4. The van der Waals surface area contributed by atoms with Crippen molar-refractivity contribution in [1.82, 2.24) is 25.1 Å². The first kappa shape index (κ1) is 29.0. The van der Waals surface area contributed by atoms with Gasteiger partial charge in [0.1, 0.15) is 46.3 Å². The fraction of sp³-hybridized carbons (Fsp3) is 0.280. The monoisotopic (exact) mass is 585 g/mol. The zero-order chi connectivity index (χ0) is 29.1. The van der Waals surface area contributed by atoms with Gasteiger partial charge >= 0.3 is 12.3 Å². The molecule has 0 aliphatic carbocycles. The zero-order valence-corrected chi connectivity index (χ0v) is 21.4. The lowest BCUT2D eigenvalue weighted by Crippen LogP contribution is -2.52. The molecule has 8 nitrogen and oxygen atoms in total. The van der Waals surface area contributed by atoms with Crippen molar-refractivity contribution in [3.63, 3.8) is 0 Å². The number of hydrogen-bond acceptors (Lipinski definition) is 7.